The quantitative estimate of drug-likeness (QED) is 0.693. The Balaban J connectivity index is 1.60. The number of phenols is 1. The van der Waals surface area contributed by atoms with E-state index in [1.165, 1.54) is 6.42 Å². The third kappa shape index (κ3) is 2.25. The zero-order valence-corrected chi connectivity index (χ0v) is 12.7. The lowest BCUT2D eigenvalue weighted by atomic mass is 9.93. The van der Waals surface area contributed by atoms with Crippen molar-refractivity contribution in [2.45, 2.75) is 32.2 Å². The van der Waals surface area contributed by atoms with Gasteiger partial charge in [0.1, 0.15) is 5.75 Å². The first-order chi connectivity index (χ1) is 11.1. The molecule has 7 heteroatoms. The van der Waals surface area contributed by atoms with Crippen molar-refractivity contribution in [2.24, 2.45) is 0 Å². The van der Waals surface area contributed by atoms with Crippen LogP contribution in [0.15, 0.2) is 24.4 Å². The van der Waals surface area contributed by atoms with E-state index in [-0.39, 0.29) is 11.7 Å². The number of H-pyrrole nitrogens is 1. The van der Waals surface area contributed by atoms with Crippen LogP contribution in [0.25, 0.3) is 10.9 Å². The van der Waals surface area contributed by atoms with Gasteiger partial charge in [0.05, 0.1) is 23.3 Å². The summed E-state index contributed by atoms with van der Waals surface area (Å²) in [5, 5.41) is 24.3. The van der Waals surface area contributed by atoms with Crippen LogP contribution in [0.5, 0.6) is 5.75 Å². The molecule has 0 unspecified atom stereocenters. The van der Waals surface area contributed by atoms with E-state index in [2.05, 4.69) is 20.6 Å². The number of amides is 1. The summed E-state index contributed by atoms with van der Waals surface area (Å²) in [6.45, 7) is 1.92. The third-order valence-electron chi connectivity index (χ3n) is 4.49. The van der Waals surface area contributed by atoms with Crippen LogP contribution in [-0.2, 0) is 0 Å². The first kappa shape index (κ1) is 13.8. The van der Waals surface area contributed by atoms with Gasteiger partial charge in [0, 0.05) is 17.1 Å². The Morgan fingerprint density at radius 3 is 3.00 bits per heavy atom. The number of aromatic amines is 1. The van der Waals surface area contributed by atoms with Crippen molar-refractivity contribution >= 4 is 22.6 Å². The molecule has 4 rings (SSSR count). The Kier molecular flexibility index (Phi) is 3.07. The maximum Gasteiger partial charge on any atom is 0.260 e. The van der Waals surface area contributed by atoms with Crippen LogP contribution in [0, 0.1) is 6.92 Å². The summed E-state index contributed by atoms with van der Waals surface area (Å²) in [6.07, 6.45) is 5.08. The van der Waals surface area contributed by atoms with Gasteiger partial charge in [-0.25, -0.2) is 0 Å². The lowest BCUT2D eigenvalue weighted by Crippen LogP contribution is -2.20. The fraction of sp³-hybridized carbons (Fsp3) is 0.312. The molecule has 0 aliphatic heterocycles. The highest BCUT2D eigenvalue weighted by Gasteiger charge is 2.24. The van der Waals surface area contributed by atoms with E-state index in [0.29, 0.717) is 22.9 Å². The minimum absolute atomic E-state index is 0.150. The van der Waals surface area contributed by atoms with Gasteiger partial charge in [-0.05, 0) is 38.3 Å². The molecule has 1 amide bonds. The Bertz CT molecular complexity index is 891. The molecule has 1 aliphatic carbocycles. The topological polar surface area (TPSA) is 95.8 Å². The summed E-state index contributed by atoms with van der Waals surface area (Å²) in [6, 6.07) is 5.27. The predicted molar refractivity (Wildman–Crippen MR) is 85.6 cm³/mol. The number of carbonyl (C=O) groups is 1. The Morgan fingerprint density at radius 1 is 1.43 bits per heavy atom. The Hall–Kier alpha value is -2.83. The Labute approximate surface area is 132 Å². The standard InChI is InChI=1S/C16H17N5O2/c1-9-13(8-17-21(9)10-3-2-4-10)16(23)18-15-12-6-5-11(22)7-14(12)19-20-15/h5-8,10,22H,2-4H2,1H3,(H2,18,19,20,23). The number of benzene rings is 1. The van der Waals surface area contributed by atoms with Crippen molar-refractivity contribution in [3.05, 3.63) is 35.7 Å². The molecule has 2 aromatic heterocycles. The molecule has 3 aromatic rings. The van der Waals surface area contributed by atoms with Gasteiger partial charge in [-0.15, -0.1) is 0 Å². The van der Waals surface area contributed by atoms with Crippen LogP contribution in [-0.4, -0.2) is 31.0 Å². The second-order valence-corrected chi connectivity index (χ2v) is 5.93. The van der Waals surface area contributed by atoms with E-state index < -0.39 is 0 Å². The molecule has 1 aliphatic rings. The first-order valence-corrected chi connectivity index (χ1v) is 7.66. The second kappa shape index (κ2) is 5.12. The van der Waals surface area contributed by atoms with Gasteiger partial charge in [0.25, 0.3) is 5.91 Å². The van der Waals surface area contributed by atoms with Crippen LogP contribution in [0.2, 0.25) is 0 Å². The molecule has 0 bridgehead atoms. The van der Waals surface area contributed by atoms with Gasteiger partial charge in [0.2, 0.25) is 0 Å². The van der Waals surface area contributed by atoms with Gasteiger partial charge in [0.15, 0.2) is 5.82 Å². The number of rotatable bonds is 3. The number of hydrogen-bond acceptors (Lipinski definition) is 4. The summed E-state index contributed by atoms with van der Waals surface area (Å²) in [4.78, 5) is 12.5. The predicted octanol–water partition coefficient (Wildman–Crippen LogP) is 2.75. The van der Waals surface area contributed by atoms with Gasteiger partial charge in [-0.3, -0.25) is 14.6 Å². The van der Waals surface area contributed by atoms with Crippen LogP contribution < -0.4 is 5.32 Å². The van der Waals surface area contributed by atoms with Crippen molar-refractivity contribution in [2.75, 3.05) is 5.32 Å². The molecule has 7 nitrogen and oxygen atoms in total. The van der Waals surface area contributed by atoms with Gasteiger partial charge in [-0.2, -0.15) is 10.2 Å². The van der Waals surface area contributed by atoms with Crippen molar-refractivity contribution in [3.8, 4) is 5.75 Å². The van der Waals surface area contributed by atoms with E-state index in [0.717, 1.165) is 23.9 Å². The normalized spacial score (nSPS) is 14.8. The summed E-state index contributed by atoms with van der Waals surface area (Å²) in [5.41, 5.74) is 2.11. The zero-order chi connectivity index (χ0) is 16.0. The third-order valence-corrected chi connectivity index (χ3v) is 4.49. The van der Waals surface area contributed by atoms with Crippen molar-refractivity contribution in [1.29, 1.82) is 0 Å². The average Bonchev–Trinajstić information content (AvgIpc) is 3.02. The molecule has 3 N–H and O–H groups in total. The van der Waals surface area contributed by atoms with E-state index >= 15 is 0 Å². The SMILES string of the molecule is Cc1c(C(=O)Nc2n[nH]c3cc(O)ccc23)cnn1C1CCC1. The van der Waals surface area contributed by atoms with Crippen molar-refractivity contribution in [3.63, 3.8) is 0 Å². The monoisotopic (exact) mass is 311 g/mol. The maximum absolute atomic E-state index is 12.5. The number of hydrogen-bond donors (Lipinski definition) is 3. The molecule has 2 heterocycles. The molecule has 1 fully saturated rings. The fourth-order valence-corrected chi connectivity index (χ4v) is 2.92. The fourth-order valence-electron chi connectivity index (χ4n) is 2.92. The van der Waals surface area contributed by atoms with Crippen molar-refractivity contribution in [1.82, 2.24) is 20.0 Å². The highest BCUT2D eigenvalue weighted by atomic mass is 16.3. The first-order valence-electron chi connectivity index (χ1n) is 7.66. The number of nitrogens with one attached hydrogen (secondary N) is 2. The summed E-state index contributed by atoms with van der Waals surface area (Å²) in [5.74, 6) is 0.368. The molecular formula is C16H17N5O2. The lowest BCUT2D eigenvalue weighted by molar-refractivity contribution is 0.102. The van der Waals surface area contributed by atoms with E-state index in [1.807, 2.05) is 11.6 Å². The Morgan fingerprint density at radius 2 is 2.26 bits per heavy atom. The van der Waals surface area contributed by atoms with Crippen LogP contribution in [0.1, 0.15) is 41.4 Å². The van der Waals surface area contributed by atoms with Gasteiger partial charge in [-0.1, -0.05) is 0 Å². The summed E-state index contributed by atoms with van der Waals surface area (Å²) < 4.78 is 1.94. The van der Waals surface area contributed by atoms with Crippen LogP contribution in [0.4, 0.5) is 5.82 Å². The zero-order valence-electron chi connectivity index (χ0n) is 12.7. The van der Waals surface area contributed by atoms with Crippen LogP contribution in [0.3, 0.4) is 0 Å². The minimum atomic E-state index is -0.227. The van der Waals surface area contributed by atoms with Crippen LogP contribution >= 0.6 is 0 Å². The molecular weight excluding hydrogens is 294 g/mol. The molecule has 118 valence electrons. The van der Waals surface area contributed by atoms with Crippen molar-refractivity contribution < 1.29 is 9.90 Å². The molecule has 0 saturated heterocycles. The molecule has 1 aromatic carbocycles. The molecule has 23 heavy (non-hydrogen) atoms. The summed E-state index contributed by atoms with van der Waals surface area (Å²) >= 11 is 0. The smallest absolute Gasteiger partial charge is 0.260 e. The second-order valence-electron chi connectivity index (χ2n) is 5.93. The molecule has 0 atom stereocenters. The van der Waals surface area contributed by atoms with Gasteiger partial charge < -0.3 is 10.4 Å². The highest BCUT2D eigenvalue weighted by molar-refractivity contribution is 6.08. The molecule has 0 spiro atoms. The number of carbonyl (C=O) groups excluding carboxylic acids is 1. The lowest BCUT2D eigenvalue weighted by Gasteiger charge is -2.26. The largest absolute Gasteiger partial charge is 0.508 e. The number of aromatic hydroxyl groups is 1. The maximum atomic E-state index is 12.5. The number of phenolic OH excluding ortho intramolecular Hbond substituents is 1. The van der Waals surface area contributed by atoms with E-state index in [1.54, 1.807) is 24.4 Å². The van der Waals surface area contributed by atoms with Gasteiger partial charge >= 0.3 is 0 Å². The number of fused-ring (bicyclic) bond motifs is 1. The van der Waals surface area contributed by atoms with E-state index in [4.69, 9.17) is 0 Å². The molecule has 0 radical (unpaired) electrons. The minimum Gasteiger partial charge on any atom is -0.508 e. The highest BCUT2D eigenvalue weighted by Crippen LogP contribution is 2.32. The average molecular weight is 311 g/mol. The number of aromatic nitrogens is 4. The number of nitrogens with zero attached hydrogens (tertiary/aromatic N) is 3. The molecule has 1 saturated carbocycles. The number of anilines is 1. The summed E-state index contributed by atoms with van der Waals surface area (Å²) in [7, 11) is 0. The van der Waals surface area contributed by atoms with E-state index in [9.17, 15) is 9.90 Å².